The summed E-state index contributed by atoms with van der Waals surface area (Å²) >= 11 is 0. The Morgan fingerprint density at radius 3 is 2.79 bits per heavy atom. The van der Waals surface area contributed by atoms with Gasteiger partial charge in [0.1, 0.15) is 5.75 Å². The second-order valence-electron chi connectivity index (χ2n) is 5.67. The Hall–Kier alpha value is -2.45. The first kappa shape index (κ1) is 16.4. The molecule has 2 aromatic rings. The summed E-state index contributed by atoms with van der Waals surface area (Å²) in [5.74, 6) is 0.384. The quantitative estimate of drug-likeness (QED) is 0.883. The zero-order valence-electron chi connectivity index (χ0n) is 12.8. The predicted octanol–water partition coefficient (Wildman–Crippen LogP) is 1.52. The average molecular weight is 347 g/mol. The molecule has 1 aliphatic rings. The van der Waals surface area contributed by atoms with E-state index < -0.39 is 10.0 Å². The predicted molar refractivity (Wildman–Crippen MR) is 89.2 cm³/mol. The Morgan fingerprint density at radius 2 is 2.08 bits per heavy atom. The number of nitrogens with zero attached hydrogens (tertiary/aromatic N) is 2. The SMILES string of the molecule is NS(=O)(=O)CC1CC(=O)N(c2cccc(Oc3ccccn3)c2)C1. The van der Waals surface area contributed by atoms with E-state index in [9.17, 15) is 13.2 Å². The Balaban J connectivity index is 1.75. The monoisotopic (exact) mass is 347 g/mol. The average Bonchev–Trinajstić information content (AvgIpc) is 2.87. The summed E-state index contributed by atoms with van der Waals surface area (Å²) in [7, 11) is -3.60. The Bertz CT molecular complexity index is 839. The number of hydrogen-bond acceptors (Lipinski definition) is 5. The van der Waals surface area contributed by atoms with Gasteiger partial charge >= 0.3 is 0 Å². The van der Waals surface area contributed by atoms with Gasteiger partial charge in [0.25, 0.3) is 0 Å². The Kier molecular flexibility index (Phi) is 4.50. The number of carbonyl (C=O) groups is 1. The number of carbonyl (C=O) groups excluding carboxylic acids is 1. The van der Waals surface area contributed by atoms with Crippen molar-refractivity contribution in [1.29, 1.82) is 0 Å². The number of aromatic nitrogens is 1. The highest BCUT2D eigenvalue weighted by atomic mass is 32.2. The number of anilines is 1. The van der Waals surface area contributed by atoms with E-state index >= 15 is 0 Å². The second-order valence-corrected chi connectivity index (χ2v) is 7.33. The van der Waals surface area contributed by atoms with Crippen LogP contribution in [0.1, 0.15) is 6.42 Å². The molecule has 0 aliphatic carbocycles. The number of amides is 1. The third-order valence-corrected chi connectivity index (χ3v) is 4.60. The lowest BCUT2D eigenvalue weighted by molar-refractivity contribution is -0.117. The van der Waals surface area contributed by atoms with E-state index in [4.69, 9.17) is 9.88 Å². The van der Waals surface area contributed by atoms with Gasteiger partial charge in [0, 0.05) is 42.9 Å². The first-order chi connectivity index (χ1) is 11.4. The lowest BCUT2D eigenvalue weighted by atomic mass is 10.1. The third kappa shape index (κ3) is 4.09. The number of hydrogen-bond donors (Lipinski definition) is 1. The number of benzene rings is 1. The van der Waals surface area contributed by atoms with Gasteiger partial charge in [-0.05, 0) is 18.2 Å². The largest absolute Gasteiger partial charge is 0.439 e. The van der Waals surface area contributed by atoms with Crippen LogP contribution >= 0.6 is 0 Å². The molecule has 1 saturated heterocycles. The minimum absolute atomic E-state index is 0.126. The van der Waals surface area contributed by atoms with Crippen molar-refractivity contribution in [2.75, 3.05) is 17.2 Å². The first-order valence-corrected chi connectivity index (χ1v) is 9.12. The van der Waals surface area contributed by atoms with Gasteiger partial charge in [-0.2, -0.15) is 0 Å². The molecular formula is C16H17N3O4S. The molecule has 126 valence electrons. The van der Waals surface area contributed by atoms with Crippen molar-refractivity contribution in [2.45, 2.75) is 6.42 Å². The first-order valence-electron chi connectivity index (χ1n) is 7.40. The van der Waals surface area contributed by atoms with E-state index in [1.165, 1.54) is 0 Å². The van der Waals surface area contributed by atoms with E-state index in [2.05, 4.69) is 4.98 Å². The van der Waals surface area contributed by atoms with Crippen LogP contribution in [0.4, 0.5) is 5.69 Å². The van der Waals surface area contributed by atoms with E-state index in [-0.39, 0.29) is 24.0 Å². The van der Waals surface area contributed by atoms with E-state index in [1.807, 2.05) is 6.07 Å². The summed E-state index contributed by atoms with van der Waals surface area (Å²) in [5, 5.41) is 5.07. The minimum Gasteiger partial charge on any atom is -0.439 e. The third-order valence-electron chi connectivity index (χ3n) is 3.66. The maximum atomic E-state index is 12.2. The molecule has 8 heteroatoms. The van der Waals surface area contributed by atoms with Crippen molar-refractivity contribution in [3.63, 3.8) is 0 Å². The van der Waals surface area contributed by atoms with Crippen molar-refractivity contribution in [3.05, 3.63) is 48.7 Å². The molecule has 0 radical (unpaired) electrons. The number of rotatable bonds is 5. The van der Waals surface area contributed by atoms with Crippen molar-refractivity contribution in [3.8, 4) is 11.6 Å². The Morgan fingerprint density at radius 1 is 1.25 bits per heavy atom. The van der Waals surface area contributed by atoms with Gasteiger partial charge in [-0.25, -0.2) is 18.5 Å². The minimum atomic E-state index is -3.60. The summed E-state index contributed by atoms with van der Waals surface area (Å²) in [6.07, 6.45) is 1.79. The number of pyridine rings is 1. The Labute approximate surface area is 140 Å². The zero-order valence-corrected chi connectivity index (χ0v) is 13.6. The fourth-order valence-corrected chi connectivity index (χ4v) is 3.59. The van der Waals surface area contributed by atoms with E-state index in [0.717, 1.165) is 0 Å². The van der Waals surface area contributed by atoms with Crippen LogP contribution in [0, 0.1) is 5.92 Å². The van der Waals surface area contributed by atoms with Crippen LogP contribution in [0.5, 0.6) is 11.6 Å². The summed E-state index contributed by atoms with van der Waals surface area (Å²) in [6.45, 7) is 0.322. The lowest BCUT2D eigenvalue weighted by Crippen LogP contribution is -2.27. The molecule has 1 amide bonds. The fourth-order valence-electron chi connectivity index (χ4n) is 2.71. The van der Waals surface area contributed by atoms with Gasteiger partial charge in [0.2, 0.25) is 21.8 Å². The van der Waals surface area contributed by atoms with Crippen molar-refractivity contribution in [2.24, 2.45) is 11.1 Å². The van der Waals surface area contributed by atoms with Crippen LogP contribution < -0.4 is 14.8 Å². The van der Waals surface area contributed by atoms with E-state index in [1.54, 1.807) is 47.5 Å². The second kappa shape index (κ2) is 6.58. The summed E-state index contributed by atoms with van der Waals surface area (Å²) < 4.78 is 28.1. The van der Waals surface area contributed by atoms with Gasteiger partial charge in [-0.15, -0.1) is 0 Å². The topological polar surface area (TPSA) is 103 Å². The van der Waals surface area contributed by atoms with Crippen LogP contribution in [0.25, 0.3) is 0 Å². The molecule has 2 heterocycles. The summed E-state index contributed by atoms with van der Waals surface area (Å²) in [5.41, 5.74) is 0.658. The van der Waals surface area contributed by atoms with E-state index in [0.29, 0.717) is 23.9 Å². The fraction of sp³-hybridized carbons (Fsp3) is 0.250. The molecule has 1 aromatic heterocycles. The summed E-state index contributed by atoms with van der Waals surface area (Å²) in [4.78, 5) is 17.8. The molecule has 7 nitrogen and oxygen atoms in total. The highest BCUT2D eigenvalue weighted by molar-refractivity contribution is 7.89. The smallest absolute Gasteiger partial charge is 0.227 e. The molecule has 0 bridgehead atoms. The molecule has 1 atom stereocenters. The van der Waals surface area contributed by atoms with Gasteiger partial charge in [0.15, 0.2) is 0 Å². The molecule has 24 heavy (non-hydrogen) atoms. The van der Waals surface area contributed by atoms with Crippen LogP contribution in [-0.2, 0) is 14.8 Å². The number of sulfonamides is 1. The number of primary sulfonamides is 1. The van der Waals surface area contributed by atoms with Gasteiger partial charge in [-0.1, -0.05) is 12.1 Å². The maximum Gasteiger partial charge on any atom is 0.227 e. The van der Waals surface area contributed by atoms with Crippen LogP contribution in [-0.4, -0.2) is 31.6 Å². The number of ether oxygens (including phenoxy) is 1. The summed E-state index contributed by atoms with van der Waals surface area (Å²) in [6, 6.07) is 12.4. The highest BCUT2D eigenvalue weighted by Gasteiger charge is 2.32. The molecule has 1 aliphatic heterocycles. The molecule has 1 unspecified atom stereocenters. The molecule has 0 saturated carbocycles. The molecule has 1 fully saturated rings. The van der Waals surface area contributed by atoms with Gasteiger partial charge < -0.3 is 9.64 Å². The molecule has 1 aromatic carbocycles. The molecular weight excluding hydrogens is 330 g/mol. The van der Waals surface area contributed by atoms with Crippen LogP contribution in [0.3, 0.4) is 0 Å². The maximum absolute atomic E-state index is 12.2. The molecule has 2 N–H and O–H groups in total. The van der Waals surface area contributed by atoms with Crippen molar-refractivity contribution < 1.29 is 17.9 Å². The van der Waals surface area contributed by atoms with Gasteiger partial charge in [0.05, 0.1) is 5.75 Å². The molecule has 3 rings (SSSR count). The van der Waals surface area contributed by atoms with Gasteiger partial charge in [-0.3, -0.25) is 4.79 Å². The zero-order chi connectivity index (χ0) is 17.2. The number of nitrogens with two attached hydrogens (primary N) is 1. The lowest BCUT2D eigenvalue weighted by Gasteiger charge is -2.17. The highest BCUT2D eigenvalue weighted by Crippen LogP contribution is 2.29. The van der Waals surface area contributed by atoms with Crippen molar-refractivity contribution in [1.82, 2.24) is 4.98 Å². The molecule has 0 spiro atoms. The van der Waals surface area contributed by atoms with Crippen LogP contribution in [0.15, 0.2) is 48.7 Å². The normalized spacial score (nSPS) is 18.0. The van der Waals surface area contributed by atoms with Crippen molar-refractivity contribution >= 4 is 21.6 Å². The van der Waals surface area contributed by atoms with Crippen LogP contribution in [0.2, 0.25) is 0 Å². The standard InChI is InChI=1S/C16H17N3O4S/c17-24(21,22)11-12-8-16(20)19(10-12)13-4-3-5-14(9-13)23-15-6-1-2-7-18-15/h1-7,9,12H,8,10-11H2,(H2,17,21,22).